The van der Waals surface area contributed by atoms with Gasteiger partial charge in [0.1, 0.15) is 5.56 Å². The molecule has 0 fully saturated rings. The molecule has 0 aliphatic heterocycles. The van der Waals surface area contributed by atoms with Crippen LogP contribution in [0.2, 0.25) is 0 Å². The van der Waals surface area contributed by atoms with E-state index >= 15 is 0 Å². The maximum atomic E-state index is 12.7. The van der Waals surface area contributed by atoms with Gasteiger partial charge in [-0.3, -0.25) is 9.48 Å². The average molecular weight is 405 g/mol. The first-order chi connectivity index (χ1) is 14.4. The Labute approximate surface area is 177 Å². The van der Waals surface area contributed by atoms with Crippen LogP contribution in [0.4, 0.5) is 0 Å². The summed E-state index contributed by atoms with van der Waals surface area (Å²) in [7, 11) is 1.71. The minimum absolute atomic E-state index is 0.116. The fourth-order valence-corrected chi connectivity index (χ4v) is 3.38. The van der Waals surface area contributed by atoms with Gasteiger partial charge in [0.25, 0.3) is 5.91 Å². The van der Waals surface area contributed by atoms with E-state index in [1.165, 1.54) is 0 Å². The zero-order valence-electron chi connectivity index (χ0n) is 17.8. The minimum Gasteiger partial charge on any atom is -0.452 e. The van der Waals surface area contributed by atoms with Crippen LogP contribution in [0.1, 0.15) is 45.8 Å². The molecule has 156 valence electrons. The van der Waals surface area contributed by atoms with Crippen LogP contribution in [0.5, 0.6) is 0 Å². The Morgan fingerprint density at radius 2 is 1.63 bits per heavy atom. The van der Waals surface area contributed by atoms with Crippen molar-refractivity contribution in [2.24, 2.45) is 0 Å². The quantitative estimate of drug-likeness (QED) is 0.559. The van der Waals surface area contributed by atoms with E-state index in [-0.39, 0.29) is 18.6 Å². The van der Waals surface area contributed by atoms with Crippen molar-refractivity contribution in [1.82, 2.24) is 14.7 Å². The van der Waals surface area contributed by atoms with Gasteiger partial charge < -0.3 is 9.64 Å². The van der Waals surface area contributed by atoms with Crippen molar-refractivity contribution < 1.29 is 14.3 Å². The monoisotopic (exact) mass is 405 g/mol. The van der Waals surface area contributed by atoms with Crippen molar-refractivity contribution in [3.63, 3.8) is 0 Å². The first kappa shape index (κ1) is 21.3. The number of ether oxygens (including phenoxy) is 1. The summed E-state index contributed by atoms with van der Waals surface area (Å²) in [5.74, 6) is -0.787. The molecule has 0 radical (unpaired) electrons. The number of carbonyl (C=O) groups excluding carboxylic acids is 2. The Bertz CT molecular complexity index is 1010. The number of aromatic nitrogens is 2. The van der Waals surface area contributed by atoms with Crippen LogP contribution >= 0.6 is 0 Å². The van der Waals surface area contributed by atoms with Crippen LogP contribution in [0.15, 0.2) is 60.7 Å². The number of aryl methyl sites for hydroxylation is 1. The predicted molar refractivity (Wildman–Crippen MR) is 115 cm³/mol. The van der Waals surface area contributed by atoms with Gasteiger partial charge in [-0.1, -0.05) is 60.7 Å². The molecule has 2 aromatic carbocycles. The molecule has 3 rings (SSSR count). The van der Waals surface area contributed by atoms with Gasteiger partial charge in [-0.2, -0.15) is 5.10 Å². The molecule has 1 amide bonds. The topological polar surface area (TPSA) is 64.4 Å². The van der Waals surface area contributed by atoms with Crippen LogP contribution in [-0.2, 0) is 16.1 Å². The second-order valence-corrected chi connectivity index (χ2v) is 7.36. The fraction of sp³-hybridized carbons (Fsp3) is 0.292. The smallest absolute Gasteiger partial charge is 0.342 e. The summed E-state index contributed by atoms with van der Waals surface area (Å²) in [5, 5.41) is 4.48. The number of amides is 1. The van der Waals surface area contributed by atoms with E-state index in [9.17, 15) is 9.59 Å². The van der Waals surface area contributed by atoms with Gasteiger partial charge in [0.2, 0.25) is 0 Å². The summed E-state index contributed by atoms with van der Waals surface area (Å²) >= 11 is 0. The Balaban J connectivity index is 1.64. The van der Waals surface area contributed by atoms with Crippen molar-refractivity contribution in [2.45, 2.75) is 33.4 Å². The van der Waals surface area contributed by atoms with E-state index in [4.69, 9.17) is 4.74 Å². The Morgan fingerprint density at radius 3 is 2.27 bits per heavy atom. The SMILES string of the molecule is Cc1nn(Cc2ccccc2)c(C)c1C(=O)OCC(=O)N(C)[C@H](C)c1ccccc1. The highest BCUT2D eigenvalue weighted by molar-refractivity contribution is 5.93. The summed E-state index contributed by atoms with van der Waals surface area (Å²) in [6.45, 7) is 5.81. The molecule has 0 saturated carbocycles. The molecule has 1 aromatic heterocycles. The molecule has 1 heterocycles. The van der Waals surface area contributed by atoms with E-state index in [1.54, 1.807) is 23.6 Å². The summed E-state index contributed by atoms with van der Waals surface area (Å²) < 4.78 is 7.12. The van der Waals surface area contributed by atoms with Crippen molar-refractivity contribution in [1.29, 1.82) is 0 Å². The van der Waals surface area contributed by atoms with Crippen molar-refractivity contribution >= 4 is 11.9 Å². The molecule has 3 aromatic rings. The first-order valence-corrected chi connectivity index (χ1v) is 9.94. The Kier molecular flexibility index (Phi) is 6.67. The fourth-order valence-electron chi connectivity index (χ4n) is 3.38. The number of carbonyl (C=O) groups is 2. The lowest BCUT2D eigenvalue weighted by atomic mass is 10.1. The van der Waals surface area contributed by atoms with Gasteiger partial charge in [-0.15, -0.1) is 0 Å². The maximum Gasteiger partial charge on any atom is 0.342 e. The molecule has 0 N–H and O–H groups in total. The largest absolute Gasteiger partial charge is 0.452 e. The Hall–Kier alpha value is -3.41. The van der Waals surface area contributed by atoms with E-state index in [2.05, 4.69) is 5.10 Å². The van der Waals surface area contributed by atoms with Crippen LogP contribution in [-0.4, -0.2) is 40.2 Å². The molecule has 0 saturated heterocycles. The molecule has 1 atom stereocenters. The van der Waals surface area contributed by atoms with Crippen LogP contribution in [0.3, 0.4) is 0 Å². The predicted octanol–water partition coefficient (Wildman–Crippen LogP) is 3.92. The average Bonchev–Trinajstić information content (AvgIpc) is 3.04. The van der Waals surface area contributed by atoms with Gasteiger partial charge in [-0.25, -0.2) is 4.79 Å². The summed E-state index contributed by atoms with van der Waals surface area (Å²) in [6.07, 6.45) is 0. The van der Waals surface area contributed by atoms with Gasteiger partial charge in [0, 0.05) is 7.05 Å². The molecular formula is C24H27N3O3. The molecule has 6 nitrogen and oxygen atoms in total. The van der Waals surface area contributed by atoms with E-state index in [0.717, 1.165) is 16.8 Å². The molecule has 0 spiro atoms. The highest BCUT2D eigenvalue weighted by Gasteiger charge is 2.23. The second kappa shape index (κ2) is 9.39. The number of hydrogen-bond donors (Lipinski definition) is 0. The molecule has 30 heavy (non-hydrogen) atoms. The third-order valence-corrected chi connectivity index (χ3v) is 5.34. The summed E-state index contributed by atoms with van der Waals surface area (Å²) in [6, 6.07) is 19.5. The standard InChI is InChI=1S/C24H27N3O3/c1-17-23(19(3)27(25-17)15-20-11-7-5-8-12-20)24(29)30-16-22(28)26(4)18(2)21-13-9-6-10-14-21/h5-14,18H,15-16H2,1-4H3/t18-/m1/s1. The van der Waals surface area contributed by atoms with Gasteiger partial charge in [0.15, 0.2) is 6.61 Å². The third-order valence-electron chi connectivity index (χ3n) is 5.34. The number of rotatable bonds is 7. The lowest BCUT2D eigenvalue weighted by molar-refractivity contribution is -0.135. The third kappa shape index (κ3) is 4.76. The van der Waals surface area contributed by atoms with Crippen molar-refractivity contribution in [2.75, 3.05) is 13.7 Å². The highest BCUT2D eigenvalue weighted by atomic mass is 16.5. The number of nitrogens with zero attached hydrogens (tertiary/aromatic N) is 3. The Morgan fingerprint density at radius 1 is 1.03 bits per heavy atom. The lowest BCUT2D eigenvalue weighted by Crippen LogP contribution is -2.33. The van der Waals surface area contributed by atoms with E-state index in [0.29, 0.717) is 17.8 Å². The number of esters is 1. The normalized spacial score (nSPS) is 11.7. The van der Waals surface area contributed by atoms with Crippen LogP contribution in [0.25, 0.3) is 0 Å². The zero-order valence-corrected chi connectivity index (χ0v) is 17.8. The molecule has 0 aliphatic rings. The molecular weight excluding hydrogens is 378 g/mol. The highest BCUT2D eigenvalue weighted by Crippen LogP contribution is 2.19. The van der Waals surface area contributed by atoms with E-state index in [1.807, 2.05) is 74.5 Å². The molecule has 0 bridgehead atoms. The molecule has 6 heteroatoms. The number of benzene rings is 2. The molecule has 0 aliphatic carbocycles. The van der Waals surface area contributed by atoms with Crippen molar-refractivity contribution in [3.8, 4) is 0 Å². The summed E-state index contributed by atoms with van der Waals surface area (Å²) in [4.78, 5) is 26.8. The maximum absolute atomic E-state index is 12.7. The first-order valence-electron chi connectivity index (χ1n) is 9.94. The van der Waals surface area contributed by atoms with E-state index < -0.39 is 5.97 Å². The van der Waals surface area contributed by atoms with Crippen LogP contribution in [0, 0.1) is 13.8 Å². The minimum atomic E-state index is -0.529. The lowest BCUT2D eigenvalue weighted by Gasteiger charge is -2.25. The second-order valence-electron chi connectivity index (χ2n) is 7.36. The zero-order chi connectivity index (χ0) is 21.7. The van der Waals surface area contributed by atoms with Crippen molar-refractivity contribution in [3.05, 3.63) is 88.7 Å². The van der Waals surface area contributed by atoms with Gasteiger partial charge in [-0.05, 0) is 31.9 Å². The van der Waals surface area contributed by atoms with Gasteiger partial charge in [0.05, 0.1) is 24.0 Å². The number of hydrogen-bond acceptors (Lipinski definition) is 4. The molecule has 0 unspecified atom stereocenters. The summed E-state index contributed by atoms with van der Waals surface area (Å²) in [5.41, 5.74) is 3.84. The number of likely N-dealkylation sites (N-methyl/N-ethyl adjacent to an activating group) is 1. The van der Waals surface area contributed by atoms with Gasteiger partial charge >= 0.3 is 5.97 Å². The van der Waals surface area contributed by atoms with Crippen LogP contribution < -0.4 is 0 Å².